The minimum absolute atomic E-state index is 0.00509. The maximum atomic E-state index is 12.5. The highest BCUT2D eigenvalue weighted by atomic mass is 19.4. The number of rotatable bonds is 2. The topological polar surface area (TPSA) is 64.2 Å². The average molecular weight is 314 g/mol. The number of likely N-dealkylation sites (tertiary alicyclic amines) is 1. The molecule has 3 rings (SSSR count). The van der Waals surface area contributed by atoms with Crippen LogP contribution in [0.3, 0.4) is 0 Å². The molecule has 0 aliphatic carbocycles. The van der Waals surface area contributed by atoms with Crippen molar-refractivity contribution in [2.24, 2.45) is 7.05 Å². The molecular formula is C13H13F3N4O2. The molecule has 0 radical (unpaired) electrons. The Hall–Kier alpha value is -2.32. The molecule has 2 aromatic heterocycles. The summed E-state index contributed by atoms with van der Waals surface area (Å²) < 4.78 is 43.3. The predicted octanol–water partition coefficient (Wildman–Crippen LogP) is 2.06. The van der Waals surface area contributed by atoms with Gasteiger partial charge in [0.2, 0.25) is 0 Å². The van der Waals surface area contributed by atoms with Crippen LogP contribution in [0, 0.1) is 0 Å². The second-order valence-electron chi connectivity index (χ2n) is 5.20. The van der Waals surface area contributed by atoms with Gasteiger partial charge in [-0.15, -0.1) is 0 Å². The van der Waals surface area contributed by atoms with Gasteiger partial charge < -0.3 is 14.0 Å². The van der Waals surface area contributed by atoms with Gasteiger partial charge in [-0.05, 0) is 18.6 Å². The molecule has 3 heterocycles. The summed E-state index contributed by atoms with van der Waals surface area (Å²) in [6, 6.07) is 3.46. The molecule has 0 unspecified atom stereocenters. The number of aromatic nitrogens is 3. The maximum absolute atomic E-state index is 12.5. The average Bonchev–Trinajstić information content (AvgIpc) is 3.16. The number of nitrogens with zero attached hydrogens (tertiary/aromatic N) is 4. The molecule has 9 heteroatoms. The minimum atomic E-state index is -4.65. The van der Waals surface area contributed by atoms with Crippen molar-refractivity contribution in [3.8, 4) is 0 Å². The van der Waals surface area contributed by atoms with E-state index in [9.17, 15) is 18.0 Å². The summed E-state index contributed by atoms with van der Waals surface area (Å²) in [5.41, 5.74) is 0.532. The second-order valence-corrected chi connectivity index (χ2v) is 5.20. The van der Waals surface area contributed by atoms with Gasteiger partial charge in [-0.3, -0.25) is 4.79 Å². The first-order valence-electron chi connectivity index (χ1n) is 6.67. The lowest BCUT2D eigenvalue weighted by Gasteiger charge is -2.16. The molecular weight excluding hydrogens is 301 g/mol. The van der Waals surface area contributed by atoms with Crippen molar-refractivity contribution in [2.45, 2.75) is 18.5 Å². The van der Waals surface area contributed by atoms with Crippen molar-refractivity contribution in [1.29, 1.82) is 0 Å². The number of aryl methyl sites for hydroxylation is 1. The van der Waals surface area contributed by atoms with E-state index in [4.69, 9.17) is 0 Å². The Kier molecular flexibility index (Phi) is 3.42. The molecule has 0 bridgehead atoms. The van der Waals surface area contributed by atoms with Crippen LogP contribution in [0.15, 0.2) is 22.9 Å². The Morgan fingerprint density at radius 1 is 1.45 bits per heavy atom. The van der Waals surface area contributed by atoms with E-state index >= 15 is 0 Å². The summed E-state index contributed by atoms with van der Waals surface area (Å²) in [4.78, 5) is 17.3. The lowest BCUT2D eigenvalue weighted by atomic mass is 10.1. The summed E-state index contributed by atoms with van der Waals surface area (Å²) in [5.74, 6) is -1.86. The number of hydrogen-bond acceptors (Lipinski definition) is 4. The first kappa shape index (κ1) is 14.6. The fourth-order valence-corrected chi connectivity index (χ4v) is 2.52. The van der Waals surface area contributed by atoms with Crippen molar-refractivity contribution < 1.29 is 22.5 Å². The van der Waals surface area contributed by atoms with E-state index < -0.39 is 12.1 Å². The summed E-state index contributed by atoms with van der Waals surface area (Å²) in [6.45, 7) is 0.728. The zero-order chi connectivity index (χ0) is 15.9. The highest BCUT2D eigenvalue weighted by Gasteiger charge is 2.40. The molecule has 1 fully saturated rings. The van der Waals surface area contributed by atoms with Gasteiger partial charge in [0.25, 0.3) is 5.91 Å². The zero-order valence-electron chi connectivity index (χ0n) is 11.7. The first-order chi connectivity index (χ1) is 10.4. The molecule has 118 valence electrons. The number of halogens is 3. The molecule has 0 spiro atoms. The van der Waals surface area contributed by atoms with Gasteiger partial charge >= 0.3 is 12.1 Å². The van der Waals surface area contributed by atoms with Gasteiger partial charge in [-0.1, -0.05) is 5.16 Å². The van der Waals surface area contributed by atoms with Gasteiger partial charge in [0.05, 0.1) is 0 Å². The number of alkyl halides is 3. The lowest BCUT2D eigenvalue weighted by Crippen LogP contribution is -2.30. The summed E-state index contributed by atoms with van der Waals surface area (Å²) in [6.07, 6.45) is -2.38. The van der Waals surface area contributed by atoms with Crippen molar-refractivity contribution >= 4 is 5.91 Å². The molecule has 1 aliphatic rings. The van der Waals surface area contributed by atoms with E-state index in [1.54, 1.807) is 34.8 Å². The SMILES string of the molecule is Cn1cccc1C(=O)N1CC[C@H](c2noc(C(F)(F)F)n2)C1. The quantitative estimate of drug-likeness (QED) is 0.851. The standard InChI is InChI=1S/C13H13F3N4O2/c1-19-5-2-3-9(19)11(21)20-6-4-8(7-20)10-17-12(22-18-10)13(14,15)16/h2-3,5,8H,4,6-7H2,1H3/t8-/m0/s1. The van der Waals surface area contributed by atoms with Crippen LogP contribution in [0.25, 0.3) is 0 Å². The summed E-state index contributed by atoms with van der Waals surface area (Å²) in [7, 11) is 1.76. The Morgan fingerprint density at radius 3 is 2.82 bits per heavy atom. The molecule has 22 heavy (non-hydrogen) atoms. The highest BCUT2D eigenvalue weighted by molar-refractivity contribution is 5.93. The summed E-state index contributed by atoms with van der Waals surface area (Å²) >= 11 is 0. The third-order valence-electron chi connectivity index (χ3n) is 3.69. The fourth-order valence-electron chi connectivity index (χ4n) is 2.52. The smallest absolute Gasteiger partial charge is 0.347 e. The molecule has 1 saturated heterocycles. The largest absolute Gasteiger partial charge is 0.471 e. The van der Waals surface area contributed by atoms with E-state index in [0.29, 0.717) is 18.7 Å². The lowest BCUT2D eigenvalue weighted by molar-refractivity contribution is -0.159. The van der Waals surface area contributed by atoms with Gasteiger partial charge in [0.15, 0.2) is 5.82 Å². The molecule has 0 N–H and O–H groups in total. The normalized spacial score (nSPS) is 18.9. The van der Waals surface area contributed by atoms with Gasteiger partial charge in [0, 0.05) is 32.3 Å². The van der Waals surface area contributed by atoms with E-state index in [1.807, 2.05) is 0 Å². The Morgan fingerprint density at radius 2 is 2.23 bits per heavy atom. The van der Waals surface area contributed by atoms with Crippen molar-refractivity contribution in [2.75, 3.05) is 13.1 Å². The third-order valence-corrected chi connectivity index (χ3v) is 3.69. The maximum Gasteiger partial charge on any atom is 0.471 e. The van der Waals surface area contributed by atoms with Crippen LogP contribution in [0.2, 0.25) is 0 Å². The van der Waals surface area contributed by atoms with Crippen LogP contribution in [-0.2, 0) is 13.2 Å². The Labute approximate surface area is 123 Å². The molecule has 0 saturated carbocycles. The number of amides is 1. The summed E-state index contributed by atoms with van der Waals surface area (Å²) in [5, 5.41) is 3.39. The molecule has 6 nitrogen and oxygen atoms in total. The van der Waals surface area contributed by atoms with Gasteiger partial charge in [0.1, 0.15) is 5.69 Å². The number of carbonyl (C=O) groups is 1. The first-order valence-corrected chi connectivity index (χ1v) is 6.67. The second kappa shape index (κ2) is 5.15. The van der Waals surface area contributed by atoms with Crippen LogP contribution < -0.4 is 0 Å². The van der Waals surface area contributed by atoms with Crippen LogP contribution in [-0.4, -0.2) is 38.6 Å². The van der Waals surface area contributed by atoms with Crippen LogP contribution in [0.1, 0.15) is 34.5 Å². The monoisotopic (exact) mass is 314 g/mol. The van der Waals surface area contributed by atoms with E-state index in [1.165, 1.54) is 0 Å². The van der Waals surface area contributed by atoms with Crippen LogP contribution in [0.5, 0.6) is 0 Å². The van der Waals surface area contributed by atoms with Crippen molar-refractivity contribution in [1.82, 2.24) is 19.6 Å². The van der Waals surface area contributed by atoms with Crippen LogP contribution in [0.4, 0.5) is 13.2 Å². The molecule has 1 amide bonds. The van der Waals surface area contributed by atoms with Crippen LogP contribution >= 0.6 is 0 Å². The number of hydrogen-bond donors (Lipinski definition) is 0. The van der Waals surface area contributed by atoms with Crippen molar-refractivity contribution in [3.63, 3.8) is 0 Å². The number of carbonyl (C=O) groups excluding carboxylic acids is 1. The molecule has 1 aliphatic heterocycles. The van der Waals surface area contributed by atoms with E-state index in [0.717, 1.165) is 0 Å². The Balaban J connectivity index is 1.71. The Bertz CT molecular complexity index is 692. The molecule has 1 atom stereocenters. The van der Waals surface area contributed by atoms with Crippen molar-refractivity contribution in [3.05, 3.63) is 35.7 Å². The third kappa shape index (κ3) is 2.58. The van der Waals surface area contributed by atoms with E-state index in [-0.39, 0.29) is 24.2 Å². The minimum Gasteiger partial charge on any atom is -0.347 e. The van der Waals surface area contributed by atoms with Gasteiger partial charge in [-0.2, -0.15) is 18.2 Å². The van der Waals surface area contributed by atoms with Gasteiger partial charge in [-0.25, -0.2) is 0 Å². The molecule has 2 aromatic rings. The zero-order valence-corrected chi connectivity index (χ0v) is 11.7. The highest BCUT2D eigenvalue weighted by Crippen LogP contribution is 2.31. The molecule has 0 aromatic carbocycles. The van der Waals surface area contributed by atoms with E-state index in [2.05, 4.69) is 14.7 Å². The predicted molar refractivity (Wildman–Crippen MR) is 68.0 cm³/mol. The fraction of sp³-hybridized carbons (Fsp3) is 0.462.